The third-order valence-corrected chi connectivity index (χ3v) is 4.69. The van der Waals surface area contributed by atoms with E-state index in [1.165, 1.54) is 4.90 Å². The highest BCUT2D eigenvalue weighted by Crippen LogP contribution is 2.22. The molecule has 1 heterocycles. The molecular formula is C18H20N4OS. The molecule has 0 saturated heterocycles. The molecule has 0 aliphatic heterocycles. The Hall–Kier alpha value is -2.34. The number of benzene rings is 2. The van der Waals surface area contributed by atoms with E-state index in [4.69, 9.17) is 0 Å². The van der Waals surface area contributed by atoms with E-state index in [0.29, 0.717) is 11.6 Å². The summed E-state index contributed by atoms with van der Waals surface area (Å²) < 4.78 is 0. The minimum Gasteiger partial charge on any atom is -0.508 e. The number of tetrazole rings is 1. The van der Waals surface area contributed by atoms with E-state index >= 15 is 0 Å². The molecule has 0 fully saturated rings. The maximum atomic E-state index is 9.25. The van der Waals surface area contributed by atoms with Crippen LogP contribution in [0.1, 0.15) is 19.3 Å². The van der Waals surface area contributed by atoms with Crippen molar-refractivity contribution in [3.63, 3.8) is 0 Å². The normalized spacial score (nSPS) is 10.8. The first kappa shape index (κ1) is 16.5. The van der Waals surface area contributed by atoms with Crippen LogP contribution in [0.3, 0.4) is 0 Å². The largest absolute Gasteiger partial charge is 0.508 e. The fourth-order valence-corrected chi connectivity index (χ4v) is 3.22. The summed E-state index contributed by atoms with van der Waals surface area (Å²) in [5.74, 6) is 2.07. The number of aryl methyl sites for hydroxylation is 1. The predicted molar refractivity (Wildman–Crippen MR) is 95.9 cm³/mol. The molecule has 6 heteroatoms. The second-order valence-electron chi connectivity index (χ2n) is 5.48. The first-order valence-corrected chi connectivity index (χ1v) is 9.05. The minimum atomic E-state index is 0.314. The molecule has 0 unspecified atom stereocenters. The van der Waals surface area contributed by atoms with E-state index in [-0.39, 0.29) is 0 Å². The monoisotopic (exact) mass is 340 g/mol. The Morgan fingerprint density at radius 1 is 0.917 bits per heavy atom. The molecule has 0 atom stereocenters. The van der Waals surface area contributed by atoms with Crippen molar-refractivity contribution in [1.29, 1.82) is 0 Å². The van der Waals surface area contributed by atoms with Gasteiger partial charge < -0.3 is 5.11 Å². The molecule has 0 amide bonds. The number of phenolic OH excluding ortho intramolecular Hbond substituents is 1. The van der Waals surface area contributed by atoms with Gasteiger partial charge in [0.2, 0.25) is 5.82 Å². The lowest BCUT2D eigenvalue weighted by atomic mass is 10.2. The summed E-state index contributed by atoms with van der Waals surface area (Å²) in [5, 5.41) is 21.9. The number of nitrogens with zero attached hydrogens (tertiary/aromatic N) is 4. The molecule has 3 rings (SSSR count). The average molecular weight is 340 g/mol. The Kier molecular flexibility index (Phi) is 5.85. The van der Waals surface area contributed by atoms with Gasteiger partial charge in [0, 0.05) is 10.5 Å². The van der Waals surface area contributed by atoms with Crippen molar-refractivity contribution in [3.05, 3.63) is 54.6 Å². The van der Waals surface area contributed by atoms with E-state index in [2.05, 4.69) is 15.4 Å². The molecule has 124 valence electrons. The number of thioether (sulfide) groups is 1. The van der Waals surface area contributed by atoms with Crippen molar-refractivity contribution in [2.45, 2.75) is 30.7 Å². The number of hydrogen-bond acceptors (Lipinski definition) is 5. The Labute approximate surface area is 145 Å². The van der Waals surface area contributed by atoms with Gasteiger partial charge in [-0.2, -0.15) is 4.80 Å². The van der Waals surface area contributed by atoms with Crippen LogP contribution in [0.2, 0.25) is 0 Å². The standard InChI is InChI=1S/C18H20N4OS/c23-16-9-11-17(12-10-16)24-14-6-2-5-13-22-20-18(19-21-22)15-7-3-1-4-8-15/h1,3-4,7-12,23H,2,5-6,13-14H2. The van der Waals surface area contributed by atoms with Crippen LogP contribution in [0, 0.1) is 0 Å². The van der Waals surface area contributed by atoms with Gasteiger partial charge in [0.25, 0.3) is 0 Å². The molecule has 0 aliphatic rings. The highest BCUT2D eigenvalue weighted by molar-refractivity contribution is 7.99. The second kappa shape index (κ2) is 8.49. The fraction of sp³-hybridized carbons (Fsp3) is 0.278. The van der Waals surface area contributed by atoms with Crippen molar-refractivity contribution in [2.75, 3.05) is 5.75 Å². The molecule has 0 aliphatic carbocycles. The van der Waals surface area contributed by atoms with Crippen LogP contribution < -0.4 is 0 Å². The topological polar surface area (TPSA) is 63.8 Å². The Morgan fingerprint density at radius 2 is 1.71 bits per heavy atom. The Balaban J connectivity index is 1.35. The van der Waals surface area contributed by atoms with Crippen molar-refractivity contribution in [2.24, 2.45) is 0 Å². The highest BCUT2D eigenvalue weighted by atomic mass is 32.2. The van der Waals surface area contributed by atoms with Crippen LogP contribution in [-0.4, -0.2) is 31.1 Å². The van der Waals surface area contributed by atoms with Gasteiger partial charge in [-0.3, -0.25) is 0 Å². The van der Waals surface area contributed by atoms with Gasteiger partial charge in [-0.1, -0.05) is 36.8 Å². The van der Waals surface area contributed by atoms with Gasteiger partial charge in [-0.05, 0) is 48.1 Å². The number of aromatic nitrogens is 4. The van der Waals surface area contributed by atoms with E-state index in [1.807, 2.05) is 54.2 Å². The summed E-state index contributed by atoms with van der Waals surface area (Å²) in [6.45, 7) is 0.795. The summed E-state index contributed by atoms with van der Waals surface area (Å²) in [7, 11) is 0. The lowest BCUT2D eigenvalue weighted by Crippen LogP contribution is -2.02. The predicted octanol–water partition coefficient (Wildman–Crippen LogP) is 4.01. The van der Waals surface area contributed by atoms with Crippen LogP contribution in [0.15, 0.2) is 59.5 Å². The number of aromatic hydroxyl groups is 1. The molecule has 5 nitrogen and oxygen atoms in total. The fourth-order valence-electron chi connectivity index (χ4n) is 2.31. The molecular weight excluding hydrogens is 320 g/mol. The Morgan fingerprint density at radius 3 is 2.50 bits per heavy atom. The van der Waals surface area contributed by atoms with Gasteiger partial charge in [0.05, 0.1) is 6.54 Å². The molecule has 3 aromatic rings. The molecule has 1 N–H and O–H groups in total. The van der Waals surface area contributed by atoms with Gasteiger partial charge in [0.15, 0.2) is 0 Å². The summed E-state index contributed by atoms with van der Waals surface area (Å²) in [5.41, 5.74) is 0.994. The summed E-state index contributed by atoms with van der Waals surface area (Å²) in [6, 6.07) is 17.2. The summed E-state index contributed by atoms with van der Waals surface area (Å²) in [4.78, 5) is 2.87. The molecule has 0 spiro atoms. The van der Waals surface area contributed by atoms with Crippen LogP contribution in [0.5, 0.6) is 5.75 Å². The summed E-state index contributed by atoms with van der Waals surface area (Å²) >= 11 is 1.82. The van der Waals surface area contributed by atoms with Crippen LogP contribution in [-0.2, 0) is 6.54 Å². The lowest BCUT2D eigenvalue weighted by Gasteiger charge is -2.02. The van der Waals surface area contributed by atoms with Gasteiger partial charge in [0.1, 0.15) is 5.75 Å². The summed E-state index contributed by atoms with van der Waals surface area (Å²) in [6.07, 6.45) is 3.32. The SMILES string of the molecule is Oc1ccc(SCCCCCn2nnc(-c3ccccc3)n2)cc1. The van der Waals surface area contributed by atoms with E-state index in [1.54, 1.807) is 16.9 Å². The molecule has 2 aromatic carbocycles. The maximum Gasteiger partial charge on any atom is 0.204 e. The van der Waals surface area contributed by atoms with Gasteiger partial charge in [-0.15, -0.1) is 22.0 Å². The van der Waals surface area contributed by atoms with Gasteiger partial charge >= 0.3 is 0 Å². The minimum absolute atomic E-state index is 0.314. The number of hydrogen-bond donors (Lipinski definition) is 1. The van der Waals surface area contributed by atoms with Crippen LogP contribution in [0.4, 0.5) is 0 Å². The molecule has 0 bridgehead atoms. The van der Waals surface area contributed by atoms with Crippen molar-refractivity contribution in [3.8, 4) is 17.1 Å². The van der Waals surface area contributed by atoms with Crippen molar-refractivity contribution >= 4 is 11.8 Å². The Bertz CT molecular complexity index is 743. The molecule has 1 aromatic heterocycles. The van der Waals surface area contributed by atoms with Crippen LogP contribution in [0.25, 0.3) is 11.4 Å². The third kappa shape index (κ3) is 4.83. The van der Waals surface area contributed by atoms with E-state index < -0.39 is 0 Å². The number of phenols is 1. The number of rotatable bonds is 8. The zero-order valence-electron chi connectivity index (χ0n) is 13.4. The first-order chi connectivity index (χ1) is 11.8. The maximum absolute atomic E-state index is 9.25. The van der Waals surface area contributed by atoms with E-state index in [9.17, 15) is 5.11 Å². The quantitative estimate of drug-likeness (QED) is 0.496. The lowest BCUT2D eigenvalue weighted by molar-refractivity contribution is 0.475. The van der Waals surface area contributed by atoms with E-state index in [0.717, 1.165) is 37.1 Å². The smallest absolute Gasteiger partial charge is 0.204 e. The molecule has 0 radical (unpaired) electrons. The molecule has 0 saturated carbocycles. The highest BCUT2D eigenvalue weighted by Gasteiger charge is 2.04. The number of unbranched alkanes of at least 4 members (excludes halogenated alkanes) is 2. The molecule has 24 heavy (non-hydrogen) atoms. The third-order valence-electron chi connectivity index (χ3n) is 3.59. The van der Waals surface area contributed by atoms with Crippen molar-refractivity contribution < 1.29 is 5.11 Å². The van der Waals surface area contributed by atoms with Crippen molar-refractivity contribution in [1.82, 2.24) is 20.2 Å². The first-order valence-electron chi connectivity index (χ1n) is 8.06. The zero-order chi connectivity index (χ0) is 16.6. The van der Waals surface area contributed by atoms with Crippen LogP contribution >= 0.6 is 11.8 Å². The second-order valence-corrected chi connectivity index (χ2v) is 6.65. The zero-order valence-corrected chi connectivity index (χ0v) is 14.2. The average Bonchev–Trinajstić information content (AvgIpc) is 3.09. The van der Waals surface area contributed by atoms with Gasteiger partial charge in [-0.25, -0.2) is 0 Å².